The quantitative estimate of drug-likeness (QED) is 0.281. The van der Waals surface area contributed by atoms with Gasteiger partial charge in [0.2, 0.25) is 0 Å². The second-order valence-electron chi connectivity index (χ2n) is 8.75. The van der Waals surface area contributed by atoms with Crippen molar-refractivity contribution in [3.8, 4) is 22.8 Å². The van der Waals surface area contributed by atoms with Gasteiger partial charge in [-0.1, -0.05) is 58.4 Å². The summed E-state index contributed by atoms with van der Waals surface area (Å²) in [5.41, 5.74) is -2.86. The molecule has 0 spiro atoms. The van der Waals surface area contributed by atoms with Gasteiger partial charge in [0.25, 0.3) is 0 Å². The van der Waals surface area contributed by atoms with Crippen LogP contribution < -0.4 is 15.2 Å². The van der Waals surface area contributed by atoms with Crippen molar-refractivity contribution in [1.82, 2.24) is 9.13 Å². The first-order valence-electron chi connectivity index (χ1n) is 11.5. The van der Waals surface area contributed by atoms with E-state index in [0.29, 0.717) is 48.1 Å². The van der Waals surface area contributed by atoms with E-state index in [1.54, 1.807) is 22.9 Å². The molecule has 1 aliphatic rings. The first-order valence-corrected chi connectivity index (χ1v) is 13.9. The maximum Gasteiger partial charge on any atom is 0.399 e. The highest BCUT2D eigenvalue weighted by Gasteiger charge is 2.51. The van der Waals surface area contributed by atoms with E-state index in [4.69, 9.17) is 19.3 Å². The summed E-state index contributed by atoms with van der Waals surface area (Å²) in [4.78, 5) is 31.8. The lowest BCUT2D eigenvalue weighted by molar-refractivity contribution is 0.0557. The van der Waals surface area contributed by atoms with Gasteiger partial charge < -0.3 is 19.3 Å². The number of hydrogen-bond donors (Lipinski definition) is 2. The Bertz CT molecular complexity index is 1600. The molecule has 8 nitrogen and oxygen atoms in total. The van der Waals surface area contributed by atoms with Crippen LogP contribution in [-0.4, -0.2) is 32.1 Å². The lowest BCUT2D eigenvalue weighted by Crippen LogP contribution is -2.25. The number of fused-ring (bicyclic) bond motifs is 1. The van der Waals surface area contributed by atoms with Gasteiger partial charge >= 0.3 is 18.9 Å². The maximum atomic E-state index is 14.3. The standard InChI is InChI=1S/C26H22BrF2N2O6P/c27-21-12-18(6-8-20(21)26(28,29)38(33,34)35)15-31-22(19-7-9-23-24(13-19)37-11-10-36-23)16-30(25(31)32)14-17-4-2-1-3-5-17/h1-9,12-13,16H,10-11,14-15H2,(H2,33,34,35). The fourth-order valence-electron chi connectivity index (χ4n) is 4.25. The first kappa shape index (κ1) is 26.4. The van der Waals surface area contributed by atoms with Crippen LogP contribution in [-0.2, 0) is 23.3 Å². The van der Waals surface area contributed by atoms with Crippen LogP contribution in [0.3, 0.4) is 0 Å². The summed E-state index contributed by atoms with van der Waals surface area (Å²) in [5.74, 6) is 1.15. The molecule has 12 heteroatoms. The predicted molar refractivity (Wildman–Crippen MR) is 140 cm³/mol. The molecule has 1 aromatic heterocycles. The SMILES string of the molecule is O=c1n(Cc2ccccc2)cc(-c2ccc3c(c2)OCCO3)n1Cc1ccc(C(F)(F)P(=O)(O)O)c(Br)c1. The Morgan fingerprint density at radius 1 is 0.921 bits per heavy atom. The van der Waals surface area contributed by atoms with E-state index in [1.165, 1.54) is 16.7 Å². The molecule has 38 heavy (non-hydrogen) atoms. The van der Waals surface area contributed by atoms with Gasteiger partial charge in [0, 0.05) is 21.8 Å². The molecule has 2 heterocycles. The predicted octanol–water partition coefficient (Wildman–Crippen LogP) is 5.17. The van der Waals surface area contributed by atoms with Crippen LogP contribution in [0, 0.1) is 0 Å². The van der Waals surface area contributed by atoms with Crippen molar-refractivity contribution in [2.75, 3.05) is 13.2 Å². The van der Waals surface area contributed by atoms with Crippen LogP contribution in [0.15, 0.2) is 82.2 Å². The number of hydrogen-bond acceptors (Lipinski definition) is 4. The van der Waals surface area contributed by atoms with Crippen LogP contribution in [0.5, 0.6) is 11.5 Å². The Hall–Kier alpha value is -3.24. The first-order chi connectivity index (χ1) is 18.0. The zero-order chi connectivity index (χ0) is 27.1. The highest BCUT2D eigenvalue weighted by atomic mass is 79.9. The molecule has 0 bridgehead atoms. The summed E-state index contributed by atoms with van der Waals surface area (Å²) in [6.45, 7) is 1.18. The highest BCUT2D eigenvalue weighted by molar-refractivity contribution is 9.10. The van der Waals surface area contributed by atoms with Crippen LogP contribution in [0.1, 0.15) is 16.7 Å². The number of rotatable bonds is 7. The molecule has 0 aliphatic carbocycles. The van der Waals surface area contributed by atoms with Crippen molar-refractivity contribution >= 4 is 23.5 Å². The molecule has 0 unspecified atom stereocenters. The minimum absolute atomic E-state index is 0.0186. The molecule has 0 amide bonds. The van der Waals surface area contributed by atoms with Crippen molar-refractivity contribution in [1.29, 1.82) is 0 Å². The van der Waals surface area contributed by atoms with Gasteiger partial charge in [0.15, 0.2) is 11.5 Å². The van der Waals surface area contributed by atoms with Gasteiger partial charge in [-0.15, -0.1) is 0 Å². The molecule has 198 valence electrons. The summed E-state index contributed by atoms with van der Waals surface area (Å²) in [5, 5.41) is 0. The summed E-state index contributed by atoms with van der Waals surface area (Å²) < 4.78 is 54.2. The zero-order valence-corrected chi connectivity index (χ0v) is 22.2. The van der Waals surface area contributed by atoms with Gasteiger partial charge in [0.05, 0.1) is 18.8 Å². The van der Waals surface area contributed by atoms with E-state index >= 15 is 0 Å². The van der Waals surface area contributed by atoms with E-state index < -0.39 is 18.8 Å². The molecule has 5 rings (SSSR count). The molecule has 3 aromatic carbocycles. The van der Waals surface area contributed by atoms with Crippen LogP contribution in [0.4, 0.5) is 8.78 Å². The number of nitrogens with zero attached hydrogens (tertiary/aromatic N) is 2. The third-order valence-corrected chi connectivity index (χ3v) is 7.77. The smallest absolute Gasteiger partial charge is 0.399 e. The molecule has 0 radical (unpaired) electrons. The number of imidazole rings is 1. The van der Waals surface area contributed by atoms with Gasteiger partial charge in [-0.25, -0.2) is 4.79 Å². The average Bonchev–Trinajstić information content (AvgIpc) is 3.18. The average molecular weight is 607 g/mol. The summed E-state index contributed by atoms with van der Waals surface area (Å²) in [7, 11) is -5.74. The van der Waals surface area contributed by atoms with Crippen molar-refractivity contribution in [3.63, 3.8) is 0 Å². The van der Waals surface area contributed by atoms with Gasteiger partial charge in [-0.05, 0) is 35.4 Å². The Labute approximate surface area is 224 Å². The molecular weight excluding hydrogens is 585 g/mol. The topological polar surface area (TPSA) is 103 Å². The molecule has 0 fully saturated rings. The largest absolute Gasteiger partial charge is 0.486 e. The summed E-state index contributed by atoms with van der Waals surface area (Å²) in [6, 6.07) is 18.4. The molecular formula is C26H22BrF2N2O6P. The van der Waals surface area contributed by atoms with E-state index in [1.807, 2.05) is 36.4 Å². The molecule has 0 saturated heterocycles. The number of ether oxygens (including phenoxy) is 2. The van der Waals surface area contributed by atoms with Crippen LogP contribution in [0.2, 0.25) is 0 Å². The van der Waals surface area contributed by atoms with E-state index in [0.717, 1.165) is 11.6 Å². The van der Waals surface area contributed by atoms with Crippen LogP contribution in [0.25, 0.3) is 11.3 Å². The molecule has 0 saturated carbocycles. The normalized spacial score (nSPS) is 13.5. The second kappa shape index (κ2) is 10.1. The Kier molecular flexibility index (Phi) is 7.04. The third-order valence-electron chi connectivity index (χ3n) is 6.14. The van der Waals surface area contributed by atoms with E-state index in [9.17, 15) is 18.1 Å². The third kappa shape index (κ3) is 5.07. The van der Waals surface area contributed by atoms with Gasteiger partial charge in [-0.3, -0.25) is 13.7 Å². The number of alkyl halides is 2. The van der Waals surface area contributed by atoms with E-state index in [-0.39, 0.29) is 16.7 Å². The Balaban J connectivity index is 1.56. The summed E-state index contributed by atoms with van der Waals surface area (Å²) >= 11 is 3.02. The number of aromatic nitrogens is 2. The second-order valence-corrected chi connectivity index (χ2v) is 11.3. The molecule has 4 aromatic rings. The van der Waals surface area contributed by atoms with Gasteiger partial charge in [0.1, 0.15) is 13.2 Å². The fraction of sp³-hybridized carbons (Fsp3) is 0.192. The minimum atomic E-state index is -5.74. The van der Waals surface area contributed by atoms with Crippen molar-refractivity contribution in [3.05, 3.63) is 105 Å². The maximum absolute atomic E-state index is 14.3. The molecule has 1 aliphatic heterocycles. The molecule has 2 N–H and O–H groups in total. The van der Waals surface area contributed by atoms with Crippen molar-refractivity contribution in [2.24, 2.45) is 0 Å². The minimum Gasteiger partial charge on any atom is -0.486 e. The zero-order valence-electron chi connectivity index (χ0n) is 19.8. The Morgan fingerprint density at radius 2 is 1.63 bits per heavy atom. The van der Waals surface area contributed by atoms with Gasteiger partial charge in [-0.2, -0.15) is 8.78 Å². The summed E-state index contributed by atoms with van der Waals surface area (Å²) in [6.07, 6.45) is 1.73. The van der Waals surface area contributed by atoms with Crippen molar-refractivity contribution in [2.45, 2.75) is 18.8 Å². The van der Waals surface area contributed by atoms with E-state index in [2.05, 4.69) is 15.9 Å². The molecule has 0 atom stereocenters. The number of halogens is 3. The highest BCUT2D eigenvalue weighted by Crippen LogP contribution is 2.60. The lowest BCUT2D eigenvalue weighted by Gasteiger charge is -2.20. The number of benzene rings is 3. The monoisotopic (exact) mass is 606 g/mol. The van der Waals surface area contributed by atoms with Crippen LogP contribution >= 0.6 is 23.5 Å². The lowest BCUT2D eigenvalue weighted by atomic mass is 10.1. The Morgan fingerprint density at radius 3 is 2.32 bits per heavy atom. The van der Waals surface area contributed by atoms with Crippen molar-refractivity contribution < 1.29 is 32.6 Å². The fourth-order valence-corrected chi connectivity index (χ4v) is 5.59.